The summed E-state index contributed by atoms with van der Waals surface area (Å²) in [5.74, 6) is 3.02. The average Bonchev–Trinajstić information content (AvgIpc) is 2.91. The molecule has 1 amide bonds. The Bertz CT molecular complexity index is 656. The van der Waals surface area contributed by atoms with Crippen molar-refractivity contribution in [1.29, 1.82) is 0 Å². The summed E-state index contributed by atoms with van der Waals surface area (Å²) in [4.78, 5) is 14.8. The molecule has 4 rings (SSSR count). The van der Waals surface area contributed by atoms with Gasteiger partial charge in [-0.15, -0.1) is 0 Å². The molecule has 1 aromatic carbocycles. The van der Waals surface area contributed by atoms with Crippen LogP contribution in [0.4, 0.5) is 0 Å². The van der Waals surface area contributed by atoms with Gasteiger partial charge in [-0.2, -0.15) is 0 Å². The van der Waals surface area contributed by atoms with E-state index in [1.165, 1.54) is 11.1 Å². The summed E-state index contributed by atoms with van der Waals surface area (Å²) in [6.07, 6.45) is 4.96. The fourth-order valence-corrected chi connectivity index (χ4v) is 5.35. The number of hydrogen-bond acceptors (Lipinski definition) is 3. The van der Waals surface area contributed by atoms with Crippen molar-refractivity contribution >= 4 is 5.91 Å². The van der Waals surface area contributed by atoms with Gasteiger partial charge in [-0.25, -0.2) is 0 Å². The Morgan fingerprint density at radius 1 is 1.22 bits per heavy atom. The molecule has 4 nitrogen and oxygen atoms in total. The number of nitrogens with zero attached hydrogens (tertiary/aromatic N) is 1. The molecule has 2 fully saturated rings. The molecule has 1 saturated carbocycles. The molecule has 2 heterocycles. The molecule has 0 aromatic heterocycles. The molecule has 1 saturated heterocycles. The zero-order valence-corrected chi connectivity index (χ0v) is 14.2. The molecule has 23 heavy (non-hydrogen) atoms. The first-order valence-electron chi connectivity index (χ1n) is 8.66. The summed E-state index contributed by atoms with van der Waals surface area (Å²) in [6, 6.07) is 4.28. The van der Waals surface area contributed by atoms with Gasteiger partial charge >= 0.3 is 0 Å². The van der Waals surface area contributed by atoms with E-state index in [4.69, 9.17) is 9.47 Å². The summed E-state index contributed by atoms with van der Waals surface area (Å²) >= 11 is 0. The van der Waals surface area contributed by atoms with Crippen LogP contribution >= 0.6 is 0 Å². The Morgan fingerprint density at radius 3 is 2.70 bits per heavy atom. The fraction of sp³-hybridized carbons (Fsp3) is 0.632. The molecular weight excluding hydrogens is 290 g/mol. The number of amides is 1. The van der Waals surface area contributed by atoms with Crippen molar-refractivity contribution in [3.05, 3.63) is 23.3 Å². The largest absolute Gasteiger partial charge is 0.493 e. The monoisotopic (exact) mass is 315 g/mol. The van der Waals surface area contributed by atoms with Crippen LogP contribution in [0.25, 0.3) is 0 Å². The van der Waals surface area contributed by atoms with Crippen molar-refractivity contribution in [3.63, 3.8) is 0 Å². The molecule has 1 aromatic rings. The maximum atomic E-state index is 12.6. The van der Waals surface area contributed by atoms with Gasteiger partial charge in [0.05, 0.1) is 19.8 Å². The Balaban J connectivity index is 1.94. The van der Waals surface area contributed by atoms with Crippen molar-refractivity contribution < 1.29 is 14.3 Å². The molecule has 124 valence electrons. The van der Waals surface area contributed by atoms with E-state index in [-0.39, 0.29) is 5.54 Å². The quantitative estimate of drug-likeness (QED) is 0.841. The van der Waals surface area contributed by atoms with E-state index in [2.05, 4.69) is 24.0 Å². The summed E-state index contributed by atoms with van der Waals surface area (Å²) < 4.78 is 11.1. The highest BCUT2D eigenvalue weighted by atomic mass is 16.5. The molecule has 0 bridgehead atoms. The van der Waals surface area contributed by atoms with E-state index in [0.29, 0.717) is 24.2 Å². The minimum absolute atomic E-state index is 0.109. The van der Waals surface area contributed by atoms with Crippen LogP contribution in [0.2, 0.25) is 0 Å². The second-order valence-electron chi connectivity index (χ2n) is 7.38. The fourth-order valence-electron chi connectivity index (χ4n) is 5.35. The number of rotatable bonds is 2. The maximum absolute atomic E-state index is 12.6. The van der Waals surface area contributed by atoms with Crippen LogP contribution in [0, 0.1) is 11.8 Å². The summed E-state index contributed by atoms with van der Waals surface area (Å²) in [6.45, 7) is 3.20. The predicted octanol–water partition coefficient (Wildman–Crippen LogP) is 3.12. The zero-order valence-electron chi connectivity index (χ0n) is 14.2. The van der Waals surface area contributed by atoms with Crippen molar-refractivity contribution in [2.24, 2.45) is 11.8 Å². The smallest absolute Gasteiger partial charge is 0.223 e. The minimum Gasteiger partial charge on any atom is -0.493 e. The van der Waals surface area contributed by atoms with Crippen LogP contribution in [0.5, 0.6) is 11.5 Å². The molecular formula is C19H25NO3. The van der Waals surface area contributed by atoms with E-state index in [9.17, 15) is 4.79 Å². The van der Waals surface area contributed by atoms with E-state index in [0.717, 1.165) is 43.7 Å². The summed E-state index contributed by atoms with van der Waals surface area (Å²) in [5.41, 5.74) is 2.54. The summed E-state index contributed by atoms with van der Waals surface area (Å²) in [5, 5.41) is 0. The van der Waals surface area contributed by atoms with E-state index < -0.39 is 0 Å². The number of methoxy groups -OCH3 is 2. The van der Waals surface area contributed by atoms with E-state index >= 15 is 0 Å². The van der Waals surface area contributed by atoms with Crippen molar-refractivity contribution in [1.82, 2.24) is 4.90 Å². The highest BCUT2D eigenvalue weighted by molar-refractivity contribution is 5.81. The predicted molar refractivity (Wildman–Crippen MR) is 87.8 cm³/mol. The van der Waals surface area contributed by atoms with Gasteiger partial charge in [0, 0.05) is 13.0 Å². The van der Waals surface area contributed by atoms with Gasteiger partial charge in [-0.1, -0.05) is 6.92 Å². The van der Waals surface area contributed by atoms with Gasteiger partial charge in [-0.05, 0) is 60.8 Å². The van der Waals surface area contributed by atoms with Crippen molar-refractivity contribution in [3.8, 4) is 11.5 Å². The van der Waals surface area contributed by atoms with Gasteiger partial charge in [0.25, 0.3) is 0 Å². The number of carbonyl (C=O) groups is 1. The lowest BCUT2D eigenvalue weighted by Crippen LogP contribution is -2.44. The van der Waals surface area contributed by atoms with Crippen LogP contribution in [0.15, 0.2) is 12.1 Å². The molecule has 0 radical (unpaired) electrons. The first-order chi connectivity index (χ1) is 11.1. The molecule has 3 unspecified atom stereocenters. The van der Waals surface area contributed by atoms with Crippen LogP contribution in [-0.4, -0.2) is 31.6 Å². The van der Waals surface area contributed by atoms with Crippen LogP contribution in [0.1, 0.15) is 43.7 Å². The van der Waals surface area contributed by atoms with Crippen LogP contribution in [-0.2, 0) is 16.8 Å². The average molecular weight is 315 g/mol. The topological polar surface area (TPSA) is 38.8 Å². The molecule has 1 spiro atoms. The molecule has 1 aliphatic carbocycles. The van der Waals surface area contributed by atoms with Gasteiger partial charge in [0.2, 0.25) is 5.91 Å². The van der Waals surface area contributed by atoms with Gasteiger partial charge in [0.1, 0.15) is 0 Å². The highest BCUT2D eigenvalue weighted by Gasteiger charge is 2.59. The van der Waals surface area contributed by atoms with Crippen molar-refractivity contribution in [2.45, 2.75) is 44.6 Å². The van der Waals surface area contributed by atoms with E-state index in [1.807, 2.05) is 0 Å². The Labute approximate surface area is 137 Å². The lowest BCUT2D eigenvalue weighted by Gasteiger charge is -2.39. The Hall–Kier alpha value is -1.71. The minimum atomic E-state index is -0.109. The zero-order chi connectivity index (χ0) is 16.2. The number of aryl methyl sites for hydroxylation is 1. The molecule has 2 aliphatic heterocycles. The Morgan fingerprint density at radius 2 is 1.96 bits per heavy atom. The summed E-state index contributed by atoms with van der Waals surface area (Å²) in [7, 11) is 3.37. The number of carbonyl (C=O) groups excluding carboxylic acids is 1. The third-order valence-electron chi connectivity index (χ3n) is 6.13. The number of ether oxygens (including phenoxy) is 2. The molecule has 4 heteroatoms. The van der Waals surface area contributed by atoms with Crippen molar-refractivity contribution in [2.75, 3.05) is 20.8 Å². The third kappa shape index (κ3) is 1.93. The lowest BCUT2D eigenvalue weighted by atomic mass is 9.78. The second-order valence-corrected chi connectivity index (χ2v) is 7.38. The van der Waals surface area contributed by atoms with Gasteiger partial charge in [-0.3, -0.25) is 4.79 Å². The first-order valence-corrected chi connectivity index (χ1v) is 8.66. The lowest BCUT2D eigenvalue weighted by molar-refractivity contribution is -0.131. The SMILES string of the molecule is COc1cc2c(cc1OC)C13CC(C)CC1CC(=O)N3CCC2. The normalized spacial score (nSPS) is 32.1. The number of benzene rings is 1. The molecule has 3 atom stereocenters. The molecule has 3 aliphatic rings. The molecule has 0 N–H and O–H groups in total. The number of fused-ring (bicyclic) bond motifs is 1. The highest BCUT2D eigenvalue weighted by Crippen LogP contribution is 2.58. The standard InChI is InChI=1S/C19H25NO3/c1-12-7-14-9-18(21)20-6-4-5-13-8-16(22-2)17(23-3)10-15(13)19(14,20)11-12/h8,10,12,14H,4-7,9,11H2,1-3H3. The first kappa shape index (κ1) is 14.9. The Kier molecular flexibility index (Phi) is 3.33. The van der Waals surface area contributed by atoms with Gasteiger partial charge in [0.15, 0.2) is 11.5 Å². The third-order valence-corrected chi connectivity index (χ3v) is 6.13. The van der Waals surface area contributed by atoms with Gasteiger partial charge < -0.3 is 14.4 Å². The van der Waals surface area contributed by atoms with Crippen LogP contribution in [0.3, 0.4) is 0 Å². The maximum Gasteiger partial charge on any atom is 0.223 e. The van der Waals surface area contributed by atoms with E-state index in [1.54, 1.807) is 14.2 Å². The van der Waals surface area contributed by atoms with Crippen LogP contribution < -0.4 is 9.47 Å². The number of hydrogen-bond donors (Lipinski definition) is 0. The second kappa shape index (κ2) is 5.15.